The van der Waals surface area contributed by atoms with Gasteiger partial charge >= 0.3 is 0 Å². The molecule has 0 unspecified atom stereocenters. The van der Waals surface area contributed by atoms with E-state index in [-0.39, 0.29) is 0 Å². The van der Waals surface area contributed by atoms with Gasteiger partial charge in [0.2, 0.25) is 5.95 Å². The molecule has 6 heteroatoms. The summed E-state index contributed by atoms with van der Waals surface area (Å²) in [7, 11) is 1.70. The quantitative estimate of drug-likeness (QED) is 0.695. The molecule has 1 aliphatic heterocycles. The molecule has 27 heavy (non-hydrogen) atoms. The second-order valence-electron chi connectivity index (χ2n) is 7.10. The molecule has 0 aliphatic carbocycles. The summed E-state index contributed by atoms with van der Waals surface area (Å²) < 4.78 is 7.61. The third-order valence-electron chi connectivity index (χ3n) is 4.90. The maximum absolute atomic E-state index is 5.63. The minimum absolute atomic E-state index is 0.754. The van der Waals surface area contributed by atoms with Crippen LogP contribution in [0.3, 0.4) is 0 Å². The molecule has 0 saturated carbocycles. The Labute approximate surface area is 159 Å². The summed E-state index contributed by atoms with van der Waals surface area (Å²) in [6.07, 6.45) is 7.00. The highest BCUT2D eigenvalue weighted by Gasteiger charge is 2.16. The van der Waals surface area contributed by atoms with Crippen molar-refractivity contribution in [3.05, 3.63) is 59.4 Å². The van der Waals surface area contributed by atoms with E-state index in [0.29, 0.717) is 0 Å². The molecule has 140 valence electrons. The SMILES string of the molecule is COc1cc(Cc2cc(C)nc(N3CCCC3)n2)ccc1-n1cnc(C)c1. The zero-order chi connectivity index (χ0) is 18.8. The third-order valence-corrected chi connectivity index (χ3v) is 4.90. The highest BCUT2D eigenvalue weighted by molar-refractivity contribution is 5.50. The van der Waals surface area contributed by atoms with Crippen LogP contribution in [-0.4, -0.2) is 39.7 Å². The monoisotopic (exact) mass is 363 g/mol. The third kappa shape index (κ3) is 3.79. The summed E-state index contributed by atoms with van der Waals surface area (Å²) in [5.74, 6) is 1.69. The highest BCUT2D eigenvalue weighted by Crippen LogP contribution is 2.26. The molecule has 0 radical (unpaired) electrons. The van der Waals surface area contributed by atoms with Gasteiger partial charge in [-0.3, -0.25) is 0 Å². The van der Waals surface area contributed by atoms with Crippen molar-refractivity contribution in [2.45, 2.75) is 33.1 Å². The molecule has 4 rings (SSSR count). The molecule has 3 heterocycles. The first kappa shape index (κ1) is 17.5. The number of nitrogens with zero attached hydrogens (tertiary/aromatic N) is 5. The number of methoxy groups -OCH3 is 1. The topological polar surface area (TPSA) is 56.1 Å². The zero-order valence-corrected chi connectivity index (χ0v) is 16.1. The molecule has 3 aromatic rings. The summed E-state index contributed by atoms with van der Waals surface area (Å²) in [5.41, 5.74) is 5.18. The Morgan fingerprint density at radius 1 is 1.04 bits per heavy atom. The van der Waals surface area contributed by atoms with Crippen LogP contribution >= 0.6 is 0 Å². The zero-order valence-electron chi connectivity index (χ0n) is 16.1. The predicted molar refractivity (Wildman–Crippen MR) is 106 cm³/mol. The lowest BCUT2D eigenvalue weighted by atomic mass is 10.1. The van der Waals surface area contributed by atoms with Crippen LogP contribution in [0.1, 0.15) is 35.5 Å². The molecule has 0 bridgehead atoms. The van der Waals surface area contributed by atoms with E-state index in [1.165, 1.54) is 12.8 Å². The van der Waals surface area contributed by atoms with E-state index < -0.39 is 0 Å². The Kier molecular flexibility index (Phi) is 4.79. The summed E-state index contributed by atoms with van der Waals surface area (Å²) in [6, 6.07) is 8.35. The lowest BCUT2D eigenvalue weighted by molar-refractivity contribution is 0.412. The molecule has 0 spiro atoms. The molecule has 1 fully saturated rings. The van der Waals surface area contributed by atoms with Gasteiger partial charge in [0, 0.05) is 31.4 Å². The number of imidazole rings is 1. The van der Waals surface area contributed by atoms with Crippen LogP contribution in [0, 0.1) is 13.8 Å². The first-order valence-electron chi connectivity index (χ1n) is 9.40. The maximum atomic E-state index is 5.63. The fourth-order valence-electron chi connectivity index (χ4n) is 3.57. The summed E-state index contributed by atoms with van der Waals surface area (Å²) in [6.45, 7) is 6.12. The van der Waals surface area contributed by atoms with Crippen LogP contribution < -0.4 is 9.64 Å². The van der Waals surface area contributed by atoms with E-state index in [0.717, 1.165) is 59.5 Å². The summed E-state index contributed by atoms with van der Waals surface area (Å²) in [5, 5.41) is 0. The lowest BCUT2D eigenvalue weighted by Gasteiger charge is -2.17. The molecular weight excluding hydrogens is 338 g/mol. The second-order valence-corrected chi connectivity index (χ2v) is 7.10. The normalized spacial score (nSPS) is 14.0. The standard InChI is InChI=1S/C21H25N5O/c1-15-10-18(24-21(23-15)25-8-4-5-9-25)11-17-6-7-19(20(12-17)27-3)26-13-16(2)22-14-26/h6-7,10,12-14H,4-5,8-9,11H2,1-3H3. The molecule has 0 amide bonds. The minimum atomic E-state index is 0.754. The average Bonchev–Trinajstić information content (AvgIpc) is 3.33. The Balaban J connectivity index is 1.61. The van der Waals surface area contributed by atoms with Crippen LogP contribution in [0.2, 0.25) is 0 Å². The first-order chi connectivity index (χ1) is 13.1. The Morgan fingerprint density at radius 2 is 1.85 bits per heavy atom. The molecular formula is C21H25N5O. The summed E-state index contributed by atoms with van der Waals surface area (Å²) in [4.78, 5) is 16.0. The number of hydrogen-bond acceptors (Lipinski definition) is 5. The summed E-state index contributed by atoms with van der Waals surface area (Å²) >= 11 is 0. The highest BCUT2D eigenvalue weighted by atomic mass is 16.5. The van der Waals surface area contributed by atoms with Gasteiger partial charge in [-0.1, -0.05) is 6.07 Å². The second kappa shape index (κ2) is 7.39. The van der Waals surface area contributed by atoms with Crippen LogP contribution in [-0.2, 0) is 6.42 Å². The molecule has 1 aliphatic rings. The van der Waals surface area contributed by atoms with Crippen LogP contribution in [0.25, 0.3) is 5.69 Å². The van der Waals surface area contributed by atoms with Gasteiger partial charge in [0.1, 0.15) is 5.75 Å². The molecule has 0 N–H and O–H groups in total. The maximum Gasteiger partial charge on any atom is 0.225 e. The number of hydrogen-bond donors (Lipinski definition) is 0. The number of anilines is 1. The van der Waals surface area contributed by atoms with Gasteiger partial charge in [-0.25, -0.2) is 15.0 Å². The fourth-order valence-corrected chi connectivity index (χ4v) is 3.57. The molecule has 1 aromatic carbocycles. The van der Waals surface area contributed by atoms with Crippen molar-refractivity contribution in [3.63, 3.8) is 0 Å². The van der Waals surface area contributed by atoms with Crippen molar-refractivity contribution >= 4 is 5.95 Å². The van der Waals surface area contributed by atoms with Gasteiger partial charge in [0.25, 0.3) is 0 Å². The van der Waals surface area contributed by atoms with Crippen molar-refractivity contribution in [2.75, 3.05) is 25.1 Å². The van der Waals surface area contributed by atoms with Gasteiger partial charge in [0.15, 0.2) is 0 Å². The number of aryl methyl sites for hydroxylation is 2. The van der Waals surface area contributed by atoms with Crippen molar-refractivity contribution < 1.29 is 4.74 Å². The van der Waals surface area contributed by atoms with E-state index in [4.69, 9.17) is 9.72 Å². The Morgan fingerprint density at radius 3 is 2.56 bits per heavy atom. The minimum Gasteiger partial charge on any atom is -0.495 e. The number of rotatable bonds is 5. The van der Waals surface area contributed by atoms with E-state index in [9.17, 15) is 0 Å². The van der Waals surface area contributed by atoms with E-state index in [2.05, 4.69) is 39.1 Å². The van der Waals surface area contributed by atoms with Gasteiger partial charge < -0.3 is 14.2 Å². The van der Waals surface area contributed by atoms with Crippen molar-refractivity contribution in [3.8, 4) is 11.4 Å². The van der Waals surface area contributed by atoms with Gasteiger partial charge in [0.05, 0.1) is 30.5 Å². The molecule has 6 nitrogen and oxygen atoms in total. The predicted octanol–water partition coefficient (Wildman–Crippen LogP) is 3.48. The van der Waals surface area contributed by atoms with Crippen molar-refractivity contribution in [2.24, 2.45) is 0 Å². The van der Waals surface area contributed by atoms with Crippen LogP contribution in [0.15, 0.2) is 36.8 Å². The molecule has 0 atom stereocenters. The van der Waals surface area contributed by atoms with E-state index in [1.807, 2.05) is 30.9 Å². The average molecular weight is 363 g/mol. The number of benzene rings is 1. The molecule has 2 aromatic heterocycles. The molecule has 1 saturated heterocycles. The Bertz CT molecular complexity index is 943. The van der Waals surface area contributed by atoms with Gasteiger partial charge in [-0.05, 0) is 50.5 Å². The fraction of sp³-hybridized carbons (Fsp3) is 0.381. The van der Waals surface area contributed by atoms with Crippen molar-refractivity contribution in [1.82, 2.24) is 19.5 Å². The van der Waals surface area contributed by atoms with E-state index in [1.54, 1.807) is 7.11 Å². The van der Waals surface area contributed by atoms with Gasteiger partial charge in [-0.2, -0.15) is 0 Å². The Hall–Kier alpha value is -2.89. The number of aromatic nitrogens is 4. The lowest BCUT2D eigenvalue weighted by Crippen LogP contribution is -2.21. The van der Waals surface area contributed by atoms with Crippen LogP contribution in [0.4, 0.5) is 5.95 Å². The first-order valence-corrected chi connectivity index (χ1v) is 9.40. The van der Waals surface area contributed by atoms with Crippen molar-refractivity contribution in [1.29, 1.82) is 0 Å². The number of ether oxygens (including phenoxy) is 1. The van der Waals surface area contributed by atoms with Gasteiger partial charge in [-0.15, -0.1) is 0 Å². The largest absolute Gasteiger partial charge is 0.495 e. The van der Waals surface area contributed by atoms with Crippen LogP contribution in [0.5, 0.6) is 5.75 Å². The smallest absolute Gasteiger partial charge is 0.225 e. The van der Waals surface area contributed by atoms with E-state index >= 15 is 0 Å².